The van der Waals surface area contributed by atoms with E-state index < -0.39 is 0 Å². The maximum atomic E-state index is 12.6. The van der Waals surface area contributed by atoms with Crippen LogP contribution in [-0.2, 0) is 0 Å². The monoisotopic (exact) mass is 320 g/mol. The summed E-state index contributed by atoms with van der Waals surface area (Å²) in [6.07, 6.45) is 4.50. The van der Waals surface area contributed by atoms with Crippen molar-refractivity contribution in [1.82, 2.24) is 15.0 Å². The minimum Gasteiger partial charge on any atom is -0.361 e. The zero-order valence-corrected chi connectivity index (χ0v) is 13.0. The third-order valence-electron chi connectivity index (χ3n) is 3.75. The second-order valence-electron chi connectivity index (χ2n) is 5.34. The Balaban J connectivity index is 1.78. The molecule has 1 aliphatic heterocycles. The molecule has 0 spiro atoms. The average molecular weight is 321 g/mol. The first-order valence-electron chi connectivity index (χ1n) is 7.26. The fourth-order valence-electron chi connectivity index (χ4n) is 2.69. The van der Waals surface area contributed by atoms with Crippen LogP contribution in [0.3, 0.4) is 0 Å². The zero-order valence-electron chi connectivity index (χ0n) is 12.3. The number of hydrogen-bond acceptors (Lipinski definition) is 4. The van der Waals surface area contributed by atoms with Crippen LogP contribution in [0.25, 0.3) is 0 Å². The van der Waals surface area contributed by atoms with Gasteiger partial charge in [-0.2, -0.15) is 0 Å². The number of piperidine rings is 1. The van der Waals surface area contributed by atoms with Crippen LogP contribution < -0.4 is 5.32 Å². The van der Waals surface area contributed by atoms with Gasteiger partial charge in [0, 0.05) is 18.8 Å². The van der Waals surface area contributed by atoms with Crippen molar-refractivity contribution < 1.29 is 9.32 Å². The minimum absolute atomic E-state index is 0.0679. The highest BCUT2D eigenvalue weighted by molar-refractivity contribution is 6.32. The van der Waals surface area contributed by atoms with Crippen molar-refractivity contribution in [2.45, 2.75) is 32.2 Å². The number of likely N-dealkylation sites (tertiary alicyclic amines) is 1. The number of urea groups is 1. The summed E-state index contributed by atoms with van der Waals surface area (Å²) in [6.45, 7) is 2.53. The second kappa shape index (κ2) is 6.36. The van der Waals surface area contributed by atoms with Crippen molar-refractivity contribution >= 4 is 23.3 Å². The lowest BCUT2D eigenvalue weighted by molar-refractivity contribution is 0.159. The van der Waals surface area contributed by atoms with Gasteiger partial charge in [0.05, 0.1) is 11.7 Å². The predicted octanol–water partition coefficient (Wildman–Crippen LogP) is 3.79. The van der Waals surface area contributed by atoms with Gasteiger partial charge < -0.3 is 14.7 Å². The summed E-state index contributed by atoms with van der Waals surface area (Å²) in [4.78, 5) is 18.3. The first-order valence-corrected chi connectivity index (χ1v) is 7.64. The lowest BCUT2D eigenvalue weighted by Crippen LogP contribution is -2.41. The number of aryl methyl sites for hydroxylation is 1. The molecule has 0 radical (unpaired) electrons. The molecule has 2 aromatic rings. The number of amides is 2. The van der Waals surface area contributed by atoms with Gasteiger partial charge in [0.1, 0.15) is 11.5 Å². The number of carbonyl (C=O) groups is 1. The van der Waals surface area contributed by atoms with Crippen LogP contribution in [-0.4, -0.2) is 27.6 Å². The van der Waals surface area contributed by atoms with E-state index in [1.165, 1.54) is 0 Å². The molecule has 2 amide bonds. The number of nitrogens with zero attached hydrogens (tertiary/aromatic N) is 3. The van der Waals surface area contributed by atoms with Crippen molar-refractivity contribution in [3.05, 3.63) is 41.0 Å². The largest absolute Gasteiger partial charge is 0.361 e. The molecule has 1 aliphatic rings. The third kappa shape index (κ3) is 3.06. The average Bonchev–Trinajstić information content (AvgIpc) is 2.96. The van der Waals surface area contributed by atoms with Crippen molar-refractivity contribution in [2.24, 2.45) is 0 Å². The molecule has 1 atom stereocenters. The summed E-state index contributed by atoms with van der Waals surface area (Å²) < 4.78 is 5.14. The Kier molecular flexibility index (Phi) is 4.29. The van der Waals surface area contributed by atoms with Crippen LogP contribution in [0.1, 0.15) is 36.8 Å². The molecule has 22 heavy (non-hydrogen) atoms. The summed E-state index contributed by atoms with van der Waals surface area (Å²) in [6, 6.07) is 5.08. The van der Waals surface area contributed by atoms with E-state index in [2.05, 4.69) is 15.5 Å². The first-order chi connectivity index (χ1) is 10.6. The maximum absolute atomic E-state index is 12.6. The lowest BCUT2D eigenvalue weighted by atomic mass is 9.99. The molecule has 1 saturated heterocycles. The fraction of sp³-hybridized carbons (Fsp3) is 0.400. The highest BCUT2D eigenvalue weighted by atomic mass is 35.5. The van der Waals surface area contributed by atoms with Gasteiger partial charge in [0.15, 0.2) is 5.15 Å². The number of halogens is 1. The van der Waals surface area contributed by atoms with E-state index in [9.17, 15) is 4.79 Å². The van der Waals surface area contributed by atoms with Gasteiger partial charge >= 0.3 is 6.03 Å². The van der Waals surface area contributed by atoms with Crippen molar-refractivity contribution in [3.8, 4) is 0 Å². The smallest absolute Gasteiger partial charge is 0.322 e. The number of anilines is 1. The summed E-state index contributed by atoms with van der Waals surface area (Å²) >= 11 is 5.99. The van der Waals surface area contributed by atoms with E-state index in [0.717, 1.165) is 30.7 Å². The van der Waals surface area contributed by atoms with E-state index in [0.29, 0.717) is 12.2 Å². The predicted molar refractivity (Wildman–Crippen MR) is 82.8 cm³/mol. The standard InChI is InChI=1S/C15H17ClN4O2/c1-10-9-12(19-22-10)13-6-2-3-8-20(13)15(21)18-11-5-4-7-17-14(11)16/h4-5,7,9,13H,2-3,6,8H2,1H3,(H,18,21). The molecule has 3 rings (SSSR count). The molecule has 0 saturated carbocycles. The number of hydrogen-bond donors (Lipinski definition) is 1. The van der Waals surface area contributed by atoms with Gasteiger partial charge in [-0.15, -0.1) is 0 Å². The zero-order chi connectivity index (χ0) is 15.5. The summed E-state index contributed by atoms with van der Waals surface area (Å²) in [5.74, 6) is 0.747. The number of rotatable bonds is 2. The molecule has 7 heteroatoms. The van der Waals surface area contributed by atoms with Crippen LogP contribution >= 0.6 is 11.6 Å². The SMILES string of the molecule is Cc1cc(C2CCCCN2C(=O)Nc2cccnc2Cl)no1. The Morgan fingerprint density at radius 2 is 2.36 bits per heavy atom. The van der Waals surface area contributed by atoms with E-state index in [-0.39, 0.29) is 17.2 Å². The Bertz CT molecular complexity index is 673. The van der Waals surface area contributed by atoms with Crippen molar-refractivity contribution in [1.29, 1.82) is 0 Å². The van der Waals surface area contributed by atoms with Gasteiger partial charge in [-0.1, -0.05) is 16.8 Å². The lowest BCUT2D eigenvalue weighted by Gasteiger charge is -2.34. The first kappa shape index (κ1) is 14.8. The van der Waals surface area contributed by atoms with E-state index >= 15 is 0 Å². The maximum Gasteiger partial charge on any atom is 0.322 e. The highest BCUT2D eigenvalue weighted by Crippen LogP contribution is 2.31. The van der Waals surface area contributed by atoms with Gasteiger partial charge in [-0.3, -0.25) is 0 Å². The fourth-order valence-corrected chi connectivity index (χ4v) is 2.86. The molecular formula is C15H17ClN4O2. The number of carbonyl (C=O) groups excluding carboxylic acids is 1. The quantitative estimate of drug-likeness (QED) is 0.854. The van der Waals surface area contributed by atoms with Gasteiger partial charge in [0.2, 0.25) is 0 Å². The molecule has 0 aliphatic carbocycles. The Hall–Kier alpha value is -2.08. The summed E-state index contributed by atoms with van der Waals surface area (Å²) in [7, 11) is 0. The van der Waals surface area contributed by atoms with Crippen LogP contribution in [0.2, 0.25) is 5.15 Å². The third-order valence-corrected chi connectivity index (χ3v) is 4.05. The normalized spacial score (nSPS) is 18.3. The summed E-state index contributed by atoms with van der Waals surface area (Å²) in [5.41, 5.74) is 1.31. The van der Waals surface area contributed by atoms with E-state index in [4.69, 9.17) is 16.1 Å². The van der Waals surface area contributed by atoms with Gasteiger partial charge in [0.25, 0.3) is 0 Å². The van der Waals surface area contributed by atoms with E-state index in [1.54, 1.807) is 23.2 Å². The number of nitrogens with one attached hydrogen (secondary N) is 1. The molecule has 116 valence electrons. The summed E-state index contributed by atoms with van der Waals surface area (Å²) in [5, 5.41) is 7.16. The molecule has 1 fully saturated rings. The van der Waals surface area contributed by atoms with Crippen LogP contribution in [0, 0.1) is 6.92 Å². The Morgan fingerprint density at radius 3 is 3.09 bits per heavy atom. The van der Waals surface area contributed by atoms with E-state index in [1.807, 2.05) is 13.0 Å². The molecule has 3 heterocycles. The van der Waals surface area contributed by atoms with Crippen molar-refractivity contribution in [3.63, 3.8) is 0 Å². The Morgan fingerprint density at radius 1 is 1.50 bits per heavy atom. The van der Waals surface area contributed by atoms with Crippen molar-refractivity contribution in [2.75, 3.05) is 11.9 Å². The highest BCUT2D eigenvalue weighted by Gasteiger charge is 2.30. The number of aromatic nitrogens is 2. The van der Waals surface area contributed by atoms with Crippen LogP contribution in [0.5, 0.6) is 0 Å². The molecule has 6 nitrogen and oxygen atoms in total. The molecule has 1 N–H and O–H groups in total. The molecule has 2 aromatic heterocycles. The molecular weight excluding hydrogens is 304 g/mol. The Labute approximate surface area is 133 Å². The second-order valence-corrected chi connectivity index (χ2v) is 5.70. The molecule has 0 bridgehead atoms. The topological polar surface area (TPSA) is 71.3 Å². The molecule has 1 unspecified atom stereocenters. The molecule has 0 aromatic carbocycles. The number of pyridine rings is 1. The van der Waals surface area contributed by atoms with Crippen LogP contribution in [0.4, 0.5) is 10.5 Å². The minimum atomic E-state index is -0.194. The van der Waals surface area contributed by atoms with Crippen LogP contribution in [0.15, 0.2) is 28.9 Å². The van der Waals surface area contributed by atoms with Gasteiger partial charge in [-0.25, -0.2) is 9.78 Å². The van der Waals surface area contributed by atoms with Gasteiger partial charge in [-0.05, 0) is 38.3 Å².